The van der Waals surface area contributed by atoms with E-state index in [-0.39, 0.29) is 17.9 Å². The number of nitrogens with two attached hydrogens (primary N) is 1. The standard InChI is InChI=1S/C20H32N4O4/c1-20(2,3)12-14-7-6-8-15(11-14)13-23-19(28)22-10-5-4-9-16(17(25)26)24-18(21)27/h6-8,11,16H,4-5,9-10,12-13H2,1-3H3,(H,25,26)(H3,21,24,27)(H2,22,23,28)/t16-/m0/s1. The number of carbonyl (C=O) groups excluding carboxylic acids is 2. The Morgan fingerprint density at radius 1 is 1.11 bits per heavy atom. The van der Waals surface area contributed by atoms with E-state index in [4.69, 9.17) is 10.8 Å². The minimum absolute atomic E-state index is 0.204. The van der Waals surface area contributed by atoms with E-state index in [0.717, 1.165) is 12.0 Å². The maximum atomic E-state index is 11.9. The zero-order valence-corrected chi connectivity index (χ0v) is 16.9. The molecule has 0 aliphatic rings. The highest BCUT2D eigenvalue weighted by atomic mass is 16.4. The molecule has 0 bridgehead atoms. The van der Waals surface area contributed by atoms with Crippen LogP contribution >= 0.6 is 0 Å². The van der Waals surface area contributed by atoms with Crippen molar-refractivity contribution in [2.24, 2.45) is 11.1 Å². The van der Waals surface area contributed by atoms with Gasteiger partial charge in [0.15, 0.2) is 0 Å². The number of carboxylic acid groups (broad SMARTS) is 1. The monoisotopic (exact) mass is 392 g/mol. The third kappa shape index (κ3) is 10.4. The lowest BCUT2D eigenvalue weighted by Gasteiger charge is -2.18. The number of benzene rings is 1. The molecule has 28 heavy (non-hydrogen) atoms. The van der Waals surface area contributed by atoms with Crippen molar-refractivity contribution in [3.05, 3.63) is 35.4 Å². The number of primary amides is 1. The van der Waals surface area contributed by atoms with Gasteiger partial charge in [-0.15, -0.1) is 0 Å². The second-order valence-electron chi connectivity index (χ2n) is 8.06. The Morgan fingerprint density at radius 3 is 2.39 bits per heavy atom. The molecule has 1 atom stereocenters. The largest absolute Gasteiger partial charge is 0.480 e. The number of urea groups is 2. The van der Waals surface area contributed by atoms with E-state index in [2.05, 4.69) is 48.9 Å². The van der Waals surface area contributed by atoms with Crippen molar-refractivity contribution in [2.75, 3.05) is 6.54 Å². The molecule has 1 aromatic carbocycles. The summed E-state index contributed by atoms with van der Waals surface area (Å²) >= 11 is 0. The zero-order valence-electron chi connectivity index (χ0n) is 16.9. The lowest BCUT2D eigenvalue weighted by atomic mass is 9.88. The van der Waals surface area contributed by atoms with Crippen LogP contribution < -0.4 is 21.7 Å². The lowest BCUT2D eigenvalue weighted by Crippen LogP contribution is -2.43. The van der Waals surface area contributed by atoms with Crippen molar-refractivity contribution in [3.63, 3.8) is 0 Å². The molecule has 8 nitrogen and oxygen atoms in total. The van der Waals surface area contributed by atoms with Gasteiger partial charge in [-0.2, -0.15) is 0 Å². The minimum atomic E-state index is -1.13. The second kappa shape index (κ2) is 11.2. The van der Waals surface area contributed by atoms with Gasteiger partial charge in [0.05, 0.1) is 0 Å². The van der Waals surface area contributed by atoms with Crippen LogP contribution in [0.25, 0.3) is 0 Å². The molecule has 0 aliphatic carbocycles. The van der Waals surface area contributed by atoms with Crippen LogP contribution in [0.1, 0.15) is 51.2 Å². The SMILES string of the molecule is CC(C)(C)Cc1cccc(CNC(=O)NCCCC[C@H](NC(N)=O)C(=O)O)c1. The number of aliphatic carboxylic acids is 1. The Morgan fingerprint density at radius 2 is 1.79 bits per heavy atom. The topological polar surface area (TPSA) is 134 Å². The molecule has 8 heteroatoms. The fourth-order valence-electron chi connectivity index (χ4n) is 2.81. The first-order valence-corrected chi connectivity index (χ1v) is 9.45. The Balaban J connectivity index is 2.28. The van der Waals surface area contributed by atoms with Gasteiger partial charge in [-0.05, 0) is 42.2 Å². The third-order valence-electron chi connectivity index (χ3n) is 4.00. The number of unbranched alkanes of at least 4 members (excludes halogenated alkanes) is 1. The van der Waals surface area contributed by atoms with Gasteiger partial charge in [0, 0.05) is 13.1 Å². The quantitative estimate of drug-likeness (QED) is 0.391. The zero-order chi connectivity index (χ0) is 21.2. The van der Waals surface area contributed by atoms with E-state index in [1.807, 2.05) is 12.1 Å². The Bertz CT molecular complexity index is 670. The Labute approximate surface area is 166 Å². The molecule has 0 saturated heterocycles. The summed E-state index contributed by atoms with van der Waals surface area (Å²) in [4.78, 5) is 33.6. The summed E-state index contributed by atoms with van der Waals surface area (Å²) < 4.78 is 0. The highest BCUT2D eigenvalue weighted by Crippen LogP contribution is 2.21. The summed E-state index contributed by atoms with van der Waals surface area (Å²) in [7, 11) is 0. The summed E-state index contributed by atoms with van der Waals surface area (Å²) in [6.45, 7) is 7.42. The van der Waals surface area contributed by atoms with Crippen molar-refractivity contribution in [1.82, 2.24) is 16.0 Å². The maximum absolute atomic E-state index is 11.9. The molecule has 0 radical (unpaired) electrons. The van der Waals surface area contributed by atoms with Gasteiger partial charge in [-0.1, -0.05) is 45.0 Å². The molecule has 0 saturated carbocycles. The summed E-state index contributed by atoms with van der Waals surface area (Å²) in [6, 6.07) is 6.02. The average Bonchev–Trinajstić information content (AvgIpc) is 2.57. The first-order valence-electron chi connectivity index (χ1n) is 9.45. The summed E-state index contributed by atoms with van der Waals surface area (Å²) in [6.07, 6.45) is 2.35. The number of carboxylic acids is 1. The van der Waals surface area contributed by atoms with Crippen molar-refractivity contribution < 1.29 is 19.5 Å². The molecule has 0 aromatic heterocycles. The number of hydrogen-bond acceptors (Lipinski definition) is 3. The Kier molecular flexibility index (Phi) is 9.27. The molecular weight excluding hydrogens is 360 g/mol. The van der Waals surface area contributed by atoms with Gasteiger partial charge in [0.25, 0.3) is 0 Å². The molecular formula is C20H32N4O4. The number of nitrogens with one attached hydrogen (secondary N) is 3. The number of hydrogen-bond donors (Lipinski definition) is 5. The van der Waals surface area contributed by atoms with E-state index >= 15 is 0 Å². The van der Waals surface area contributed by atoms with Gasteiger partial charge in [-0.3, -0.25) is 0 Å². The summed E-state index contributed by atoms with van der Waals surface area (Å²) in [5.74, 6) is -1.13. The molecule has 1 aromatic rings. The van der Waals surface area contributed by atoms with Gasteiger partial charge < -0.3 is 26.8 Å². The third-order valence-corrected chi connectivity index (χ3v) is 4.00. The van der Waals surface area contributed by atoms with Crippen molar-refractivity contribution in [3.8, 4) is 0 Å². The van der Waals surface area contributed by atoms with Crippen LogP contribution in [0.15, 0.2) is 24.3 Å². The average molecular weight is 393 g/mol. The van der Waals surface area contributed by atoms with Crippen molar-refractivity contribution in [1.29, 1.82) is 0 Å². The fraction of sp³-hybridized carbons (Fsp3) is 0.550. The van der Waals surface area contributed by atoms with Gasteiger partial charge >= 0.3 is 18.0 Å². The smallest absolute Gasteiger partial charge is 0.326 e. The van der Waals surface area contributed by atoms with Crippen LogP contribution in [0, 0.1) is 5.41 Å². The normalized spacial score (nSPS) is 12.1. The predicted octanol–water partition coefficient (Wildman–Crippen LogP) is 2.37. The summed E-state index contributed by atoms with van der Waals surface area (Å²) in [5, 5.41) is 16.7. The van der Waals surface area contributed by atoms with E-state index in [1.54, 1.807) is 0 Å². The van der Waals surface area contributed by atoms with E-state index < -0.39 is 18.0 Å². The van der Waals surface area contributed by atoms with Crippen LogP contribution in [-0.4, -0.2) is 35.7 Å². The molecule has 0 unspecified atom stereocenters. The van der Waals surface area contributed by atoms with E-state index in [9.17, 15) is 14.4 Å². The molecule has 156 valence electrons. The highest BCUT2D eigenvalue weighted by Gasteiger charge is 2.17. The number of carbonyl (C=O) groups is 3. The van der Waals surface area contributed by atoms with E-state index in [1.165, 1.54) is 5.56 Å². The lowest BCUT2D eigenvalue weighted by molar-refractivity contribution is -0.139. The van der Waals surface area contributed by atoms with Gasteiger partial charge in [0.2, 0.25) is 0 Å². The summed E-state index contributed by atoms with van der Waals surface area (Å²) in [5.41, 5.74) is 7.43. The molecule has 0 fully saturated rings. The minimum Gasteiger partial charge on any atom is -0.480 e. The van der Waals surface area contributed by atoms with Crippen LogP contribution in [0.2, 0.25) is 0 Å². The van der Waals surface area contributed by atoms with Crippen molar-refractivity contribution >= 4 is 18.0 Å². The van der Waals surface area contributed by atoms with Gasteiger partial charge in [-0.25, -0.2) is 14.4 Å². The molecule has 0 aliphatic heterocycles. The molecule has 0 heterocycles. The molecule has 4 amide bonds. The maximum Gasteiger partial charge on any atom is 0.326 e. The second-order valence-corrected chi connectivity index (χ2v) is 8.06. The predicted molar refractivity (Wildman–Crippen MR) is 108 cm³/mol. The molecule has 6 N–H and O–H groups in total. The number of rotatable bonds is 10. The van der Waals surface area contributed by atoms with Crippen LogP contribution in [-0.2, 0) is 17.8 Å². The van der Waals surface area contributed by atoms with E-state index in [0.29, 0.717) is 25.9 Å². The van der Waals surface area contributed by atoms with Gasteiger partial charge in [0.1, 0.15) is 6.04 Å². The highest BCUT2D eigenvalue weighted by molar-refractivity contribution is 5.81. The first-order chi connectivity index (χ1) is 13.1. The molecule has 1 rings (SSSR count). The van der Waals surface area contributed by atoms with Crippen molar-refractivity contribution in [2.45, 2.75) is 59.0 Å². The van der Waals surface area contributed by atoms with Crippen LogP contribution in [0.5, 0.6) is 0 Å². The molecule has 0 spiro atoms. The fourth-order valence-corrected chi connectivity index (χ4v) is 2.81. The first kappa shape index (κ1) is 23.3. The van der Waals surface area contributed by atoms with Crippen LogP contribution in [0.3, 0.4) is 0 Å². The Hall–Kier alpha value is -2.77. The number of amides is 4. The van der Waals surface area contributed by atoms with Crippen LogP contribution in [0.4, 0.5) is 9.59 Å².